The minimum Gasteiger partial charge on any atom is -0.507 e. The second kappa shape index (κ2) is 8.94. The predicted octanol–water partition coefficient (Wildman–Crippen LogP) is 3.28. The Morgan fingerprint density at radius 1 is 0.842 bits per heavy atom. The molecular formula is C16H26O3. The summed E-state index contributed by atoms with van der Waals surface area (Å²) < 4.78 is 0. The summed E-state index contributed by atoms with van der Waals surface area (Å²) in [6.07, 6.45) is 8.06. The molecule has 0 bridgehead atoms. The largest absolute Gasteiger partial charge is 0.507 e. The van der Waals surface area contributed by atoms with Gasteiger partial charge in [0.05, 0.1) is 13.2 Å². The number of aliphatic hydroxyl groups excluding tert-OH is 2. The van der Waals surface area contributed by atoms with E-state index in [1.807, 2.05) is 6.07 Å². The van der Waals surface area contributed by atoms with Crippen LogP contribution < -0.4 is 0 Å². The Balaban J connectivity index is 2.52. The highest BCUT2D eigenvalue weighted by Gasteiger charge is 2.09. The molecule has 0 aliphatic rings. The van der Waals surface area contributed by atoms with Crippen molar-refractivity contribution in [1.82, 2.24) is 0 Å². The van der Waals surface area contributed by atoms with E-state index in [9.17, 15) is 15.3 Å². The summed E-state index contributed by atoms with van der Waals surface area (Å²) in [5.74, 6) is 0.188. The number of hydrogen-bond donors (Lipinski definition) is 3. The highest BCUT2D eigenvalue weighted by Crippen LogP contribution is 2.26. The highest BCUT2D eigenvalue weighted by atomic mass is 16.3. The number of phenols is 1. The second-order valence-electron chi connectivity index (χ2n) is 5.10. The van der Waals surface area contributed by atoms with Gasteiger partial charge in [0.1, 0.15) is 5.75 Å². The monoisotopic (exact) mass is 266 g/mol. The fraction of sp³-hybridized carbons (Fsp3) is 0.625. The van der Waals surface area contributed by atoms with Crippen LogP contribution in [-0.4, -0.2) is 15.3 Å². The zero-order valence-electron chi connectivity index (χ0n) is 11.9. The van der Waals surface area contributed by atoms with Crippen molar-refractivity contribution in [1.29, 1.82) is 0 Å². The molecule has 1 aromatic rings. The fourth-order valence-corrected chi connectivity index (χ4v) is 2.33. The van der Waals surface area contributed by atoms with E-state index in [1.165, 1.54) is 25.7 Å². The van der Waals surface area contributed by atoms with E-state index >= 15 is 0 Å². The maximum absolute atomic E-state index is 10.0. The van der Waals surface area contributed by atoms with Crippen molar-refractivity contribution in [2.75, 3.05) is 0 Å². The van der Waals surface area contributed by atoms with Crippen LogP contribution in [0, 0.1) is 0 Å². The van der Waals surface area contributed by atoms with Gasteiger partial charge in [-0.25, -0.2) is 0 Å². The first kappa shape index (κ1) is 16.0. The van der Waals surface area contributed by atoms with Crippen LogP contribution in [-0.2, 0) is 19.6 Å². The van der Waals surface area contributed by atoms with E-state index in [0.29, 0.717) is 5.56 Å². The van der Waals surface area contributed by atoms with Crippen LogP contribution >= 0.6 is 0 Å². The van der Waals surface area contributed by atoms with E-state index in [0.717, 1.165) is 30.4 Å². The van der Waals surface area contributed by atoms with E-state index in [2.05, 4.69) is 6.92 Å². The van der Waals surface area contributed by atoms with Crippen LogP contribution in [0.5, 0.6) is 5.75 Å². The van der Waals surface area contributed by atoms with Crippen molar-refractivity contribution in [2.24, 2.45) is 0 Å². The first-order chi connectivity index (χ1) is 9.22. The lowest BCUT2D eigenvalue weighted by atomic mass is 9.99. The fourth-order valence-electron chi connectivity index (χ4n) is 2.33. The van der Waals surface area contributed by atoms with Crippen molar-refractivity contribution in [2.45, 2.75) is 65.1 Å². The van der Waals surface area contributed by atoms with Gasteiger partial charge in [-0.15, -0.1) is 0 Å². The van der Waals surface area contributed by atoms with Gasteiger partial charge in [-0.3, -0.25) is 0 Å². The Hall–Kier alpha value is -1.06. The van der Waals surface area contributed by atoms with E-state index in [1.54, 1.807) is 6.07 Å². The van der Waals surface area contributed by atoms with Gasteiger partial charge in [0, 0.05) is 5.56 Å². The third-order valence-electron chi connectivity index (χ3n) is 3.48. The number of aromatic hydroxyl groups is 1. The number of rotatable bonds is 9. The van der Waals surface area contributed by atoms with Gasteiger partial charge in [-0.05, 0) is 36.1 Å². The normalized spacial score (nSPS) is 10.9. The molecule has 0 saturated heterocycles. The lowest BCUT2D eigenvalue weighted by Crippen LogP contribution is -1.96. The third kappa shape index (κ3) is 5.21. The maximum Gasteiger partial charge on any atom is 0.124 e. The van der Waals surface area contributed by atoms with Gasteiger partial charge in [0.15, 0.2) is 0 Å². The van der Waals surface area contributed by atoms with Gasteiger partial charge >= 0.3 is 0 Å². The van der Waals surface area contributed by atoms with Crippen LogP contribution in [0.15, 0.2) is 12.1 Å². The Labute approximate surface area is 115 Å². The summed E-state index contributed by atoms with van der Waals surface area (Å²) in [7, 11) is 0. The summed E-state index contributed by atoms with van der Waals surface area (Å²) in [4.78, 5) is 0. The molecule has 0 unspecified atom stereocenters. The Morgan fingerprint density at radius 3 is 2.11 bits per heavy atom. The Bertz CT molecular complexity index is 375. The zero-order valence-corrected chi connectivity index (χ0v) is 11.9. The van der Waals surface area contributed by atoms with Crippen LogP contribution in [0.1, 0.15) is 62.1 Å². The summed E-state index contributed by atoms with van der Waals surface area (Å²) in [5, 5.41) is 28.4. The molecule has 1 rings (SSSR count). The highest BCUT2D eigenvalue weighted by molar-refractivity contribution is 5.43. The van der Waals surface area contributed by atoms with Crippen LogP contribution in [0.25, 0.3) is 0 Å². The van der Waals surface area contributed by atoms with Crippen molar-refractivity contribution in [3.8, 4) is 5.75 Å². The lowest BCUT2D eigenvalue weighted by Gasteiger charge is -2.11. The predicted molar refractivity (Wildman–Crippen MR) is 77.0 cm³/mol. The number of unbranched alkanes of at least 4 members (excludes halogenated alkanes) is 5. The first-order valence-electron chi connectivity index (χ1n) is 7.28. The van der Waals surface area contributed by atoms with E-state index in [-0.39, 0.29) is 19.0 Å². The van der Waals surface area contributed by atoms with Crippen LogP contribution in [0.4, 0.5) is 0 Å². The van der Waals surface area contributed by atoms with Gasteiger partial charge < -0.3 is 15.3 Å². The zero-order chi connectivity index (χ0) is 14.1. The molecule has 3 heteroatoms. The molecule has 0 atom stereocenters. The molecule has 19 heavy (non-hydrogen) atoms. The van der Waals surface area contributed by atoms with Crippen LogP contribution in [0.3, 0.4) is 0 Å². The summed E-state index contributed by atoms with van der Waals surface area (Å²) in [6, 6.07) is 3.49. The number of hydrogen-bond acceptors (Lipinski definition) is 3. The lowest BCUT2D eigenvalue weighted by molar-refractivity contribution is 0.270. The Kier molecular flexibility index (Phi) is 7.53. The summed E-state index contributed by atoms with van der Waals surface area (Å²) >= 11 is 0. The van der Waals surface area contributed by atoms with E-state index < -0.39 is 0 Å². The minimum absolute atomic E-state index is 0.0588. The van der Waals surface area contributed by atoms with Crippen molar-refractivity contribution in [3.63, 3.8) is 0 Å². The molecule has 0 fully saturated rings. The molecular weight excluding hydrogens is 240 g/mol. The molecule has 3 N–H and O–H groups in total. The van der Waals surface area contributed by atoms with Crippen LogP contribution in [0.2, 0.25) is 0 Å². The van der Waals surface area contributed by atoms with Crippen molar-refractivity contribution < 1.29 is 15.3 Å². The standard InChI is InChI=1S/C16H26O3/c1-2-3-4-5-6-7-8-14-9-13(11-17)10-15(12-18)16(14)19/h9-10,17-19H,2-8,11-12H2,1H3. The molecule has 0 radical (unpaired) electrons. The molecule has 0 aliphatic carbocycles. The molecule has 0 aromatic heterocycles. The molecule has 3 nitrogen and oxygen atoms in total. The van der Waals surface area contributed by atoms with E-state index in [4.69, 9.17) is 0 Å². The quantitative estimate of drug-likeness (QED) is 0.601. The minimum atomic E-state index is -0.191. The van der Waals surface area contributed by atoms with Gasteiger partial charge in [0.25, 0.3) is 0 Å². The molecule has 1 aromatic carbocycles. The third-order valence-corrected chi connectivity index (χ3v) is 3.48. The molecule has 0 amide bonds. The summed E-state index contributed by atoms with van der Waals surface area (Å²) in [5.41, 5.74) is 2.10. The smallest absolute Gasteiger partial charge is 0.124 e. The average Bonchev–Trinajstić information content (AvgIpc) is 2.44. The van der Waals surface area contributed by atoms with Crippen molar-refractivity contribution in [3.05, 3.63) is 28.8 Å². The second-order valence-corrected chi connectivity index (χ2v) is 5.10. The number of aryl methyl sites for hydroxylation is 1. The molecule has 108 valence electrons. The molecule has 0 spiro atoms. The maximum atomic E-state index is 10.0. The van der Waals surface area contributed by atoms with Gasteiger partial charge in [0.2, 0.25) is 0 Å². The average molecular weight is 266 g/mol. The number of benzene rings is 1. The van der Waals surface area contributed by atoms with Crippen molar-refractivity contribution >= 4 is 0 Å². The topological polar surface area (TPSA) is 60.7 Å². The molecule has 0 heterocycles. The number of aliphatic hydroxyl groups is 2. The Morgan fingerprint density at radius 2 is 1.47 bits per heavy atom. The molecule has 0 saturated carbocycles. The summed E-state index contributed by atoms with van der Waals surface area (Å²) in [6.45, 7) is 1.95. The molecule has 0 aliphatic heterocycles. The first-order valence-corrected chi connectivity index (χ1v) is 7.28. The van der Waals surface area contributed by atoms with Gasteiger partial charge in [-0.2, -0.15) is 0 Å². The van der Waals surface area contributed by atoms with Gasteiger partial charge in [-0.1, -0.05) is 39.0 Å². The SMILES string of the molecule is CCCCCCCCc1cc(CO)cc(CO)c1O.